The highest BCUT2D eigenvalue weighted by Crippen LogP contribution is 2.18. The number of rotatable bonds is 5. The maximum absolute atomic E-state index is 12.5. The van der Waals surface area contributed by atoms with Crippen LogP contribution < -0.4 is 10.6 Å². The molecule has 8 heteroatoms. The summed E-state index contributed by atoms with van der Waals surface area (Å²) in [5.74, 6) is -0.576. The highest BCUT2D eigenvalue weighted by Gasteiger charge is 2.13. The van der Waals surface area contributed by atoms with E-state index in [1.54, 1.807) is 30.3 Å². The topological polar surface area (TPSA) is 88.9 Å². The van der Waals surface area contributed by atoms with E-state index in [-0.39, 0.29) is 17.5 Å². The van der Waals surface area contributed by atoms with Crippen LogP contribution in [0.4, 0.5) is 11.4 Å². The van der Waals surface area contributed by atoms with Gasteiger partial charge in [-0.15, -0.1) is 16.4 Å². The second-order valence-electron chi connectivity index (χ2n) is 5.82. The molecule has 0 aliphatic heterocycles. The number of thiophene rings is 1. The molecule has 2 N–H and O–H groups in total. The normalized spacial score (nSPS) is 10.4. The van der Waals surface area contributed by atoms with E-state index < -0.39 is 0 Å². The van der Waals surface area contributed by atoms with E-state index in [9.17, 15) is 9.59 Å². The Bertz CT molecular complexity index is 1110. The third kappa shape index (κ3) is 3.97. The lowest BCUT2D eigenvalue weighted by Crippen LogP contribution is -2.14. The van der Waals surface area contributed by atoms with Crippen LogP contribution >= 0.6 is 11.3 Å². The molecule has 0 fully saturated rings. The van der Waals surface area contributed by atoms with Crippen LogP contribution in [-0.2, 0) is 0 Å². The van der Waals surface area contributed by atoms with E-state index >= 15 is 0 Å². The van der Waals surface area contributed by atoms with Crippen molar-refractivity contribution in [2.24, 2.45) is 0 Å². The Kier molecular flexibility index (Phi) is 4.94. The molecule has 4 rings (SSSR count). The lowest BCUT2D eigenvalue weighted by Gasteiger charge is -2.07. The summed E-state index contributed by atoms with van der Waals surface area (Å²) < 4.78 is 0. The van der Waals surface area contributed by atoms with E-state index in [2.05, 4.69) is 20.8 Å². The van der Waals surface area contributed by atoms with Crippen LogP contribution in [0.25, 0.3) is 5.69 Å². The number of hydrogen-bond acceptors (Lipinski definition) is 5. The summed E-state index contributed by atoms with van der Waals surface area (Å²) in [4.78, 5) is 26.6. The number of aromatic nitrogens is 3. The van der Waals surface area contributed by atoms with Crippen LogP contribution in [-0.4, -0.2) is 26.8 Å². The van der Waals surface area contributed by atoms with E-state index in [0.717, 1.165) is 5.69 Å². The van der Waals surface area contributed by atoms with Gasteiger partial charge in [0.2, 0.25) is 0 Å². The van der Waals surface area contributed by atoms with Gasteiger partial charge < -0.3 is 10.6 Å². The van der Waals surface area contributed by atoms with Gasteiger partial charge in [-0.1, -0.05) is 30.3 Å². The van der Waals surface area contributed by atoms with Crippen molar-refractivity contribution in [3.63, 3.8) is 0 Å². The average Bonchev–Trinajstić information content (AvgIpc) is 3.41. The first kappa shape index (κ1) is 17.6. The fraction of sp³-hybridized carbons (Fsp3) is 0. The molecule has 7 nitrogen and oxygen atoms in total. The van der Waals surface area contributed by atoms with Gasteiger partial charge in [0, 0.05) is 11.4 Å². The molecule has 0 atom stereocenters. The minimum atomic E-state index is -0.385. The number of hydrogen-bond donors (Lipinski definition) is 2. The van der Waals surface area contributed by atoms with Crippen molar-refractivity contribution in [2.75, 3.05) is 10.6 Å². The molecule has 0 aliphatic rings. The molecule has 4 aromatic rings. The minimum Gasteiger partial charge on any atom is -0.321 e. The number of anilines is 2. The van der Waals surface area contributed by atoms with E-state index in [4.69, 9.17) is 0 Å². The third-order valence-corrected chi connectivity index (χ3v) is 4.70. The molecular formula is C20H15N5O2S. The Hall–Kier alpha value is -3.78. The second-order valence-corrected chi connectivity index (χ2v) is 6.77. The Morgan fingerprint density at radius 3 is 2.32 bits per heavy atom. The van der Waals surface area contributed by atoms with Gasteiger partial charge in [-0.05, 0) is 41.8 Å². The molecular weight excluding hydrogens is 374 g/mol. The largest absolute Gasteiger partial charge is 0.321 e. The maximum atomic E-state index is 12.5. The van der Waals surface area contributed by atoms with Crippen molar-refractivity contribution in [1.29, 1.82) is 0 Å². The molecule has 2 heterocycles. The van der Waals surface area contributed by atoms with Crippen LogP contribution in [0.3, 0.4) is 0 Å². The Morgan fingerprint density at radius 2 is 1.61 bits per heavy atom. The van der Waals surface area contributed by atoms with Gasteiger partial charge in [-0.3, -0.25) is 9.59 Å². The van der Waals surface area contributed by atoms with Crippen LogP contribution in [0.2, 0.25) is 0 Å². The summed E-state index contributed by atoms with van der Waals surface area (Å²) in [5.41, 5.74) is 2.09. The van der Waals surface area contributed by atoms with Crippen LogP contribution in [0.5, 0.6) is 0 Å². The molecule has 0 saturated heterocycles. The van der Waals surface area contributed by atoms with Gasteiger partial charge in [0.25, 0.3) is 11.8 Å². The number of nitrogens with zero attached hydrogens (tertiary/aromatic N) is 3. The molecule has 138 valence electrons. The van der Waals surface area contributed by atoms with Crippen LogP contribution in [0.15, 0.2) is 78.3 Å². The summed E-state index contributed by atoms with van der Waals surface area (Å²) in [6.45, 7) is 0. The molecule has 0 spiro atoms. The number of amides is 2. The van der Waals surface area contributed by atoms with Crippen LogP contribution in [0.1, 0.15) is 20.2 Å². The first-order chi connectivity index (χ1) is 13.7. The lowest BCUT2D eigenvalue weighted by molar-refractivity contribution is 0.101. The quantitative estimate of drug-likeness (QED) is 0.543. The summed E-state index contributed by atoms with van der Waals surface area (Å²) in [6, 6.07) is 19.8. The van der Waals surface area contributed by atoms with Gasteiger partial charge in [0.05, 0.1) is 16.8 Å². The Balaban J connectivity index is 1.45. The molecule has 0 bridgehead atoms. The number of benzene rings is 2. The lowest BCUT2D eigenvalue weighted by atomic mass is 10.2. The van der Waals surface area contributed by atoms with Gasteiger partial charge in [0.1, 0.15) is 0 Å². The molecule has 2 aromatic carbocycles. The molecule has 2 aromatic heterocycles. The van der Waals surface area contributed by atoms with Gasteiger partial charge in [-0.25, -0.2) is 0 Å². The molecule has 0 radical (unpaired) electrons. The highest BCUT2D eigenvalue weighted by atomic mass is 32.1. The van der Waals surface area contributed by atoms with Crippen molar-refractivity contribution >= 4 is 34.5 Å². The standard InChI is InChI=1S/C20H15N5O2S/c26-19(17-13-21-25(24-17)16-8-2-1-3-9-16)22-14-6-4-7-15(12-14)23-20(27)18-10-5-11-28-18/h1-13H,(H,22,26)(H,23,27). The zero-order valence-electron chi connectivity index (χ0n) is 14.6. The zero-order valence-corrected chi connectivity index (χ0v) is 15.4. The van der Waals surface area contributed by atoms with Crippen molar-refractivity contribution < 1.29 is 9.59 Å². The number of nitrogens with one attached hydrogen (secondary N) is 2. The van der Waals surface area contributed by atoms with Crippen molar-refractivity contribution in [3.05, 3.63) is 88.9 Å². The molecule has 0 saturated carbocycles. The second kappa shape index (κ2) is 7.85. The van der Waals surface area contributed by atoms with E-state index in [0.29, 0.717) is 16.3 Å². The minimum absolute atomic E-state index is 0.190. The monoisotopic (exact) mass is 389 g/mol. The van der Waals surface area contributed by atoms with Crippen LogP contribution in [0, 0.1) is 0 Å². The molecule has 28 heavy (non-hydrogen) atoms. The van der Waals surface area contributed by atoms with Gasteiger partial charge in [0.15, 0.2) is 5.69 Å². The maximum Gasteiger partial charge on any atom is 0.277 e. The van der Waals surface area contributed by atoms with E-state index in [1.165, 1.54) is 22.3 Å². The van der Waals surface area contributed by atoms with Crippen molar-refractivity contribution in [2.45, 2.75) is 0 Å². The smallest absolute Gasteiger partial charge is 0.277 e. The number of para-hydroxylation sites is 1. The fourth-order valence-electron chi connectivity index (χ4n) is 2.52. The molecule has 2 amide bonds. The van der Waals surface area contributed by atoms with Crippen molar-refractivity contribution in [3.8, 4) is 5.69 Å². The van der Waals surface area contributed by atoms with Gasteiger partial charge in [-0.2, -0.15) is 9.90 Å². The van der Waals surface area contributed by atoms with Gasteiger partial charge >= 0.3 is 0 Å². The summed E-state index contributed by atoms with van der Waals surface area (Å²) in [5, 5.41) is 15.8. The number of carbonyl (C=O) groups is 2. The highest BCUT2D eigenvalue weighted by molar-refractivity contribution is 7.12. The molecule has 0 unspecified atom stereocenters. The molecule has 0 aliphatic carbocycles. The summed E-state index contributed by atoms with van der Waals surface area (Å²) >= 11 is 1.36. The Morgan fingerprint density at radius 1 is 0.857 bits per heavy atom. The first-order valence-corrected chi connectivity index (χ1v) is 9.31. The SMILES string of the molecule is O=C(Nc1cccc(NC(=O)c2cccs2)c1)c1cnn(-c2ccccc2)n1. The summed E-state index contributed by atoms with van der Waals surface area (Å²) in [6.07, 6.45) is 1.41. The van der Waals surface area contributed by atoms with Crippen molar-refractivity contribution in [1.82, 2.24) is 15.0 Å². The third-order valence-electron chi connectivity index (χ3n) is 3.83. The number of carbonyl (C=O) groups excluding carboxylic acids is 2. The zero-order chi connectivity index (χ0) is 19.3. The summed E-state index contributed by atoms with van der Waals surface area (Å²) in [7, 11) is 0. The Labute approximate surface area is 164 Å². The predicted octanol–water partition coefficient (Wildman–Crippen LogP) is 3.83. The predicted molar refractivity (Wildman–Crippen MR) is 108 cm³/mol. The van der Waals surface area contributed by atoms with E-state index in [1.807, 2.05) is 41.8 Å². The fourth-order valence-corrected chi connectivity index (χ4v) is 3.14. The first-order valence-electron chi connectivity index (χ1n) is 8.43. The average molecular weight is 389 g/mol.